The van der Waals surface area contributed by atoms with Crippen molar-refractivity contribution in [2.75, 3.05) is 21.2 Å². The topological polar surface area (TPSA) is 75.7 Å². The lowest BCUT2D eigenvalue weighted by molar-refractivity contribution is -0.126. The van der Waals surface area contributed by atoms with Gasteiger partial charge in [-0.25, -0.2) is 13.1 Å². The Kier molecular flexibility index (Phi) is 7.71. The van der Waals surface area contributed by atoms with E-state index in [2.05, 4.69) is 4.72 Å². The van der Waals surface area contributed by atoms with Crippen molar-refractivity contribution in [1.82, 2.24) is 9.62 Å². The quantitative estimate of drug-likeness (QED) is 0.635. The SMILES string of the molecule is CNS(=O)(=O)c1cc(/C=C/C(=O)N(C)C(C)c2ccc(Cl)cc2Cl)ccc1OC. The van der Waals surface area contributed by atoms with Crippen LogP contribution < -0.4 is 9.46 Å². The predicted octanol–water partition coefficient (Wildman–Crippen LogP) is 4.14. The molecule has 9 heteroatoms. The molecule has 0 spiro atoms. The summed E-state index contributed by atoms with van der Waals surface area (Å²) < 4.78 is 31.7. The Bertz CT molecular complexity index is 1040. The second-order valence-corrected chi connectivity index (χ2v) is 8.94. The lowest BCUT2D eigenvalue weighted by Gasteiger charge is -2.25. The van der Waals surface area contributed by atoms with E-state index in [4.69, 9.17) is 27.9 Å². The number of carbonyl (C=O) groups excluding carboxylic acids is 1. The van der Waals surface area contributed by atoms with Gasteiger partial charge in [0.2, 0.25) is 15.9 Å². The molecule has 0 saturated carbocycles. The van der Waals surface area contributed by atoms with Crippen molar-refractivity contribution in [3.8, 4) is 5.75 Å². The Balaban J connectivity index is 2.24. The third kappa shape index (κ3) is 5.51. The van der Waals surface area contributed by atoms with Crippen molar-refractivity contribution in [3.63, 3.8) is 0 Å². The third-order valence-corrected chi connectivity index (χ3v) is 6.50. The molecule has 0 bridgehead atoms. The molecule has 2 aromatic carbocycles. The molecule has 2 rings (SSSR count). The molecule has 0 aliphatic rings. The normalized spacial score (nSPS) is 12.8. The van der Waals surface area contributed by atoms with Crippen molar-refractivity contribution in [2.45, 2.75) is 17.9 Å². The zero-order chi connectivity index (χ0) is 21.8. The van der Waals surface area contributed by atoms with Crippen LogP contribution in [0.3, 0.4) is 0 Å². The van der Waals surface area contributed by atoms with Gasteiger partial charge in [0.25, 0.3) is 0 Å². The number of hydrogen-bond donors (Lipinski definition) is 1. The molecule has 156 valence electrons. The zero-order valence-electron chi connectivity index (χ0n) is 16.4. The number of ether oxygens (including phenoxy) is 1. The van der Waals surface area contributed by atoms with Crippen LogP contribution in [0.25, 0.3) is 6.08 Å². The van der Waals surface area contributed by atoms with Crippen molar-refractivity contribution in [2.24, 2.45) is 0 Å². The van der Waals surface area contributed by atoms with Gasteiger partial charge in [-0.15, -0.1) is 0 Å². The first-order valence-electron chi connectivity index (χ1n) is 8.62. The van der Waals surface area contributed by atoms with Gasteiger partial charge in [-0.05, 0) is 55.4 Å². The molecule has 1 atom stereocenters. The predicted molar refractivity (Wildman–Crippen MR) is 116 cm³/mol. The average molecular weight is 457 g/mol. The van der Waals surface area contributed by atoms with E-state index in [0.29, 0.717) is 15.6 Å². The minimum absolute atomic E-state index is 0.00762. The number of rotatable bonds is 7. The smallest absolute Gasteiger partial charge is 0.246 e. The van der Waals surface area contributed by atoms with Crippen molar-refractivity contribution < 1.29 is 17.9 Å². The molecule has 2 aromatic rings. The van der Waals surface area contributed by atoms with Gasteiger partial charge in [0.15, 0.2) is 0 Å². The molecule has 6 nitrogen and oxygen atoms in total. The molecule has 0 aromatic heterocycles. The summed E-state index contributed by atoms with van der Waals surface area (Å²) in [6, 6.07) is 9.48. The van der Waals surface area contributed by atoms with Gasteiger partial charge in [-0.2, -0.15) is 0 Å². The first-order chi connectivity index (χ1) is 13.6. The van der Waals surface area contributed by atoms with Gasteiger partial charge < -0.3 is 9.64 Å². The van der Waals surface area contributed by atoms with Crippen LogP contribution in [0.15, 0.2) is 47.4 Å². The lowest BCUT2D eigenvalue weighted by atomic mass is 10.1. The Hall–Kier alpha value is -2.06. The number of nitrogens with one attached hydrogen (secondary N) is 1. The monoisotopic (exact) mass is 456 g/mol. The zero-order valence-corrected chi connectivity index (χ0v) is 18.8. The molecular weight excluding hydrogens is 435 g/mol. The summed E-state index contributed by atoms with van der Waals surface area (Å²) in [4.78, 5) is 14.1. The highest BCUT2D eigenvalue weighted by atomic mass is 35.5. The molecule has 0 aliphatic carbocycles. The van der Waals surface area contributed by atoms with E-state index in [1.807, 2.05) is 6.92 Å². The highest BCUT2D eigenvalue weighted by Crippen LogP contribution is 2.29. The van der Waals surface area contributed by atoms with Crippen molar-refractivity contribution >= 4 is 45.2 Å². The second kappa shape index (κ2) is 9.63. The largest absolute Gasteiger partial charge is 0.495 e. The molecule has 1 N–H and O–H groups in total. The maximum Gasteiger partial charge on any atom is 0.246 e. The van der Waals surface area contributed by atoms with E-state index in [9.17, 15) is 13.2 Å². The van der Waals surface area contributed by atoms with E-state index < -0.39 is 10.0 Å². The highest BCUT2D eigenvalue weighted by Gasteiger charge is 2.19. The van der Waals surface area contributed by atoms with Crippen LogP contribution >= 0.6 is 23.2 Å². The molecule has 29 heavy (non-hydrogen) atoms. The number of carbonyl (C=O) groups is 1. The van der Waals surface area contributed by atoms with E-state index >= 15 is 0 Å². The van der Waals surface area contributed by atoms with Crippen LogP contribution in [0, 0.1) is 0 Å². The Morgan fingerprint density at radius 3 is 2.48 bits per heavy atom. The second-order valence-electron chi connectivity index (χ2n) is 6.24. The number of hydrogen-bond acceptors (Lipinski definition) is 4. The molecule has 1 unspecified atom stereocenters. The van der Waals surface area contributed by atoms with Gasteiger partial charge in [0.05, 0.1) is 13.2 Å². The number of methoxy groups -OCH3 is 1. The van der Waals surface area contributed by atoms with Gasteiger partial charge in [0, 0.05) is 23.2 Å². The minimum atomic E-state index is -3.71. The summed E-state index contributed by atoms with van der Waals surface area (Å²) >= 11 is 12.2. The fourth-order valence-corrected chi connectivity index (χ4v) is 4.14. The van der Waals surface area contributed by atoms with Crippen LogP contribution in [0.4, 0.5) is 0 Å². The van der Waals surface area contributed by atoms with Crippen LogP contribution in [0.5, 0.6) is 5.75 Å². The van der Waals surface area contributed by atoms with Crippen LogP contribution in [-0.4, -0.2) is 40.4 Å². The van der Waals surface area contributed by atoms with Gasteiger partial charge in [-0.3, -0.25) is 4.79 Å². The van der Waals surface area contributed by atoms with E-state index in [1.54, 1.807) is 37.4 Å². The fourth-order valence-electron chi connectivity index (χ4n) is 2.64. The summed E-state index contributed by atoms with van der Waals surface area (Å²) in [5.41, 5.74) is 1.31. The molecule has 0 aliphatic heterocycles. The minimum Gasteiger partial charge on any atom is -0.495 e. The third-order valence-electron chi connectivity index (χ3n) is 4.51. The Morgan fingerprint density at radius 2 is 1.90 bits per heavy atom. The van der Waals surface area contributed by atoms with Crippen LogP contribution in [0.1, 0.15) is 24.1 Å². The molecular formula is C20H22Cl2N2O4S. The summed E-state index contributed by atoms with van der Waals surface area (Å²) in [7, 11) is 0.663. The number of halogens is 2. The standard InChI is InChI=1S/C20H22Cl2N2O4S/c1-13(16-8-7-15(21)12-17(16)22)24(3)20(25)10-6-14-5-9-18(28-4)19(11-14)29(26,27)23-2/h5-13,23H,1-4H3/b10-6+. The molecule has 0 saturated heterocycles. The molecule has 0 fully saturated rings. The maximum absolute atomic E-state index is 12.6. The first-order valence-corrected chi connectivity index (χ1v) is 10.9. The summed E-state index contributed by atoms with van der Waals surface area (Å²) in [6.45, 7) is 1.85. The summed E-state index contributed by atoms with van der Waals surface area (Å²) in [5.74, 6) is -0.0525. The van der Waals surface area contributed by atoms with Crippen molar-refractivity contribution in [3.05, 3.63) is 63.6 Å². The van der Waals surface area contributed by atoms with E-state index in [1.165, 1.54) is 37.3 Å². The highest BCUT2D eigenvalue weighted by molar-refractivity contribution is 7.89. The average Bonchev–Trinajstić information content (AvgIpc) is 2.70. The van der Waals surface area contributed by atoms with Gasteiger partial charge in [0.1, 0.15) is 10.6 Å². The van der Waals surface area contributed by atoms with Crippen LogP contribution in [0.2, 0.25) is 10.0 Å². The molecule has 1 amide bonds. The summed E-state index contributed by atoms with van der Waals surface area (Å²) in [5, 5.41) is 0.998. The van der Waals surface area contributed by atoms with E-state index in [0.717, 1.165) is 5.56 Å². The number of amides is 1. The number of likely N-dealkylation sites (N-methyl/N-ethyl adjacent to an activating group) is 1. The Morgan fingerprint density at radius 1 is 1.21 bits per heavy atom. The Labute approximate surface area is 181 Å². The fraction of sp³-hybridized carbons (Fsp3) is 0.250. The number of benzene rings is 2. The molecule has 0 radical (unpaired) electrons. The lowest BCUT2D eigenvalue weighted by Crippen LogP contribution is -2.28. The number of sulfonamides is 1. The van der Waals surface area contributed by atoms with Crippen molar-refractivity contribution in [1.29, 1.82) is 0 Å². The number of nitrogens with zero attached hydrogens (tertiary/aromatic N) is 1. The van der Waals surface area contributed by atoms with E-state index in [-0.39, 0.29) is 22.6 Å². The maximum atomic E-state index is 12.6. The summed E-state index contributed by atoms with van der Waals surface area (Å²) in [6.07, 6.45) is 2.92. The first kappa shape index (κ1) is 23.2. The van der Waals surface area contributed by atoms with Gasteiger partial charge in [-0.1, -0.05) is 35.3 Å². The van der Waals surface area contributed by atoms with Gasteiger partial charge >= 0.3 is 0 Å². The van der Waals surface area contributed by atoms with Crippen LogP contribution in [-0.2, 0) is 14.8 Å². The molecule has 0 heterocycles.